The van der Waals surface area contributed by atoms with Gasteiger partial charge in [0, 0.05) is 5.75 Å². The Balaban J connectivity index is 1.81. The summed E-state index contributed by atoms with van der Waals surface area (Å²) < 4.78 is 0. The summed E-state index contributed by atoms with van der Waals surface area (Å²) in [6.07, 6.45) is 0. The molecule has 2 rings (SSSR count). The van der Waals surface area contributed by atoms with E-state index < -0.39 is 0 Å². The number of hydrogen-bond donors (Lipinski definition) is 1. The van der Waals surface area contributed by atoms with Crippen LogP contribution in [0, 0.1) is 6.92 Å². The maximum Gasteiger partial charge on any atom is 0.230 e. The molecule has 0 heterocycles. The lowest BCUT2D eigenvalue weighted by atomic mass is 9.86. The van der Waals surface area contributed by atoms with Crippen LogP contribution in [0.25, 0.3) is 0 Å². The third-order valence-corrected chi connectivity index (χ3v) is 5.24. The van der Waals surface area contributed by atoms with E-state index in [2.05, 4.69) is 81.5 Å². The molecular weight excluding hydrogens is 326 g/mol. The molecule has 0 aliphatic heterocycles. The number of rotatable bonds is 6. The minimum atomic E-state index is 0.0288. The topological polar surface area (TPSA) is 29.1 Å². The quantitative estimate of drug-likeness (QED) is 0.751. The van der Waals surface area contributed by atoms with E-state index in [1.807, 2.05) is 6.92 Å². The molecule has 0 bridgehead atoms. The number of carbonyl (C=O) groups is 1. The second kappa shape index (κ2) is 8.57. The lowest BCUT2D eigenvalue weighted by Crippen LogP contribution is -2.28. The van der Waals surface area contributed by atoms with E-state index in [-0.39, 0.29) is 17.4 Å². The Bertz CT molecular complexity index is 701. The molecule has 2 aromatic rings. The molecule has 0 saturated heterocycles. The van der Waals surface area contributed by atoms with Crippen molar-refractivity contribution < 1.29 is 4.79 Å². The fourth-order valence-electron chi connectivity index (χ4n) is 2.70. The van der Waals surface area contributed by atoms with Crippen molar-refractivity contribution in [1.82, 2.24) is 5.32 Å². The Morgan fingerprint density at radius 2 is 1.80 bits per heavy atom. The number of amides is 1. The molecule has 0 unspecified atom stereocenters. The number of carbonyl (C=O) groups excluding carboxylic acids is 1. The van der Waals surface area contributed by atoms with Gasteiger partial charge in [-0.2, -0.15) is 0 Å². The summed E-state index contributed by atoms with van der Waals surface area (Å²) in [6, 6.07) is 17.0. The molecule has 0 aromatic heterocycles. The molecule has 0 saturated carbocycles. The summed E-state index contributed by atoms with van der Waals surface area (Å²) in [7, 11) is 0. The fourth-order valence-corrected chi connectivity index (χ4v) is 3.49. The monoisotopic (exact) mass is 355 g/mol. The molecule has 0 fully saturated rings. The number of benzene rings is 2. The Morgan fingerprint density at radius 1 is 1.12 bits per heavy atom. The van der Waals surface area contributed by atoms with Gasteiger partial charge in [0.2, 0.25) is 5.91 Å². The van der Waals surface area contributed by atoms with E-state index in [0.29, 0.717) is 5.75 Å². The van der Waals surface area contributed by atoms with Gasteiger partial charge in [-0.1, -0.05) is 74.9 Å². The zero-order valence-corrected chi connectivity index (χ0v) is 16.7. The standard InChI is InChI=1S/C22H29NOS/c1-16-7-6-8-18(13-16)14-25-15-21(24)23-17(2)19-9-11-20(12-10-19)22(3,4)5/h6-13,17H,14-15H2,1-5H3,(H,23,24)/t17-/m0/s1. The lowest BCUT2D eigenvalue weighted by Gasteiger charge is -2.20. The highest BCUT2D eigenvalue weighted by atomic mass is 32.2. The maximum absolute atomic E-state index is 12.2. The number of nitrogens with one attached hydrogen (secondary N) is 1. The fraction of sp³-hybridized carbons (Fsp3) is 0.409. The normalized spacial score (nSPS) is 12.7. The summed E-state index contributed by atoms with van der Waals surface area (Å²) in [5.41, 5.74) is 5.13. The molecule has 0 spiro atoms. The second-order valence-corrected chi connectivity index (χ2v) is 8.63. The predicted molar refractivity (Wildman–Crippen MR) is 109 cm³/mol. The van der Waals surface area contributed by atoms with E-state index >= 15 is 0 Å². The molecule has 0 radical (unpaired) electrons. The van der Waals surface area contributed by atoms with Crippen molar-refractivity contribution in [3.8, 4) is 0 Å². The van der Waals surface area contributed by atoms with Crippen LogP contribution in [-0.2, 0) is 16.0 Å². The molecule has 0 aliphatic carbocycles. The molecule has 2 nitrogen and oxygen atoms in total. The van der Waals surface area contributed by atoms with Crippen LogP contribution in [0.4, 0.5) is 0 Å². The third-order valence-electron chi connectivity index (χ3n) is 4.24. The average molecular weight is 356 g/mol. The van der Waals surface area contributed by atoms with E-state index in [9.17, 15) is 4.79 Å². The van der Waals surface area contributed by atoms with Gasteiger partial charge in [0.05, 0.1) is 11.8 Å². The van der Waals surface area contributed by atoms with E-state index in [4.69, 9.17) is 0 Å². The van der Waals surface area contributed by atoms with Crippen LogP contribution in [0.15, 0.2) is 48.5 Å². The molecular formula is C22H29NOS. The molecule has 0 aliphatic rings. The van der Waals surface area contributed by atoms with Crippen molar-refractivity contribution in [2.24, 2.45) is 0 Å². The van der Waals surface area contributed by atoms with Crippen LogP contribution in [0.3, 0.4) is 0 Å². The van der Waals surface area contributed by atoms with Crippen LogP contribution in [0.2, 0.25) is 0 Å². The molecule has 25 heavy (non-hydrogen) atoms. The van der Waals surface area contributed by atoms with Gasteiger partial charge >= 0.3 is 0 Å². The van der Waals surface area contributed by atoms with Gasteiger partial charge in [0.1, 0.15) is 0 Å². The Morgan fingerprint density at radius 3 is 2.40 bits per heavy atom. The SMILES string of the molecule is Cc1cccc(CSCC(=O)N[C@@H](C)c2ccc(C(C)(C)C)cc2)c1. The van der Waals surface area contributed by atoms with Gasteiger partial charge in [-0.25, -0.2) is 0 Å². The molecule has 134 valence electrons. The highest BCUT2D eigenvalue weighted by molar-refractivity contribution is 7.99. The smallest absolute Gasteiger partial charge is 0.230 e. The van der Waals surface area contributed by atoms with Crippen LogP contribution < -0.4 is 5.32 Å². The summed E-state index contributed by atoms with van der Waals surface area (Å²) in [4.78, 5) is 12.2. The zero-order valence-electron chi connectivity index (χ0n) is 15.9. The summed E-state index contributed by atoms with van der Waals surface area (Å²) >= 11 is 1.65. The van der Waals surface area contributed by atoms with Crippen LogP contribution >= 0.6 is 11.8 Å². The first-order valence-corrected chi connectivity index (χ1v) is 9.94. The summed E-state index contributed by atoms with van der Waals surface area (Å²) in [5.74, 6) is 1.44. The highest BCUT2D eigenvalue weighted by Crippen LogP contribution is 2.24. The van der Waals surface area contributed by atoms with E-state index in [1.165, 1.54) is 16.7 Å². The molecule has 3 heteroatoms. The van der Waals surface area contributed by atoms with Gasteiger partial charge in [-0.3, -0.25) is 4.79 Å². The van der Waals surface area contributed by atoms with Gasteiger partial charge in [-0.05, 0) is 36.0 Å². The highest BCUT2D eigenvalue weighted by Gasteiger charge is 2.15. The van der Waals surface area contributed by atoms with Gasteiger partial charge < -0.3 is 5.32 Å². The van der Waals surface area contributed by atoms with Crippen molar-refractivity contribution >= 4 is 17.7 Å². The van der Waals surface area contributed by atoms with Crippen molar-refractivity contribution in [1.29, 1.82) is 0 Å². The first-order chi connectivity index (χ1) is 11.8. The van der Waals surface area contributed by atoms with Gasteiger partial charge in [0.15, 0.2) is 0 Å². The maximum atomic E-state index is 12.2. The first-order valence-electron chi connectivity index (χ1n) is 8.79. The number of aryl methyl sites for hydroxylation is 1. The summed E-state index contributed by atoms with van der Waals surface area (Å²) in [5, 5.41) is 3.09. The Hall–Kier alpha value is -1.74. The molecule has 2 aromatic carbocycles. The lowest BCUT2D eigenvalue weighted by molar-refractivity contribution is -0.119. The largest absolute Gasteiger partial charge is 0.349 e. The van der Waals surface area contributed by atoms with Crippen molar-refractivity contribution in [2.75, 3.05) is 5.75 Å². The Labute approximate surface area is 156 Å². The Kier molecular flexibility index (Phi) is 6.71. The third kappa shape index (κ3) is 6.24. The number of thioether (sulfide) groups is 1. The second-order valence-electron chi connectivity index (χ2n) is 7.64. The molecule has 1 N–H and O–H groups in total. The molecule has 1 atom stereocenters. The number of hydrogen-bond acceptors (Lipinski definition) is 2. The van der Waals surface area contributed by atoms with Crippen molar-refractivity contribution in [3.05, 3.63) is 70.8 Å². The van der Waals surface area contributed by atoms with Crippen LogP contribution in [0.5, 0.6) is 0 Å². The average Bonchev–Trinajstić information content (AvgIpc) is 2.54. The summed E-state index contributed by atoms with van der Waals surface area (Å²) in [6.45, 7) is 10.7. The van der Waals surface area contributed by atoms with Crippen molar-refractivity contribution in [3.63, 3.8) is 0 Å². The van der Waals surface area contributed by atoms with Crippen LogP contribution in [0.1, 0.15) is 56.0 Å². The minimum absolute atomic E-state index is 0.0288. The zero-order chi connectivity index (χ0) is 18.4. The van der Waals surface area contributed by atoms with E-state index in [1.54, 1.807) is 11.8 Å². The van der Waals surface area contributed by atoms with Gasteiger partial charge in [0.25, 0.3) is 0 Å². The first kappa shape index (κ1) is 19.6. The van der Waals surface area contributed by atoms with E-state index in [0.717, 1.165) is 11.3 Å². The predicted octanol–water partition coefficient (Wildman–Crippen LogP) is 5.40. The molecule has 1 amide bonds. The van der Waals surface area contributed by atoms with Crippen molar-refractivity contribution in [2.45, 2.75) is 51.8 Å². The van der Waals surface area contributed by atoms with Gasteiger partial charge in [-0.15, -0.1) is 11.8 Å². The van der Waals surface area contributed by atoms with Crippen LogP contribution in [-0.4, -0.2) is 11.7 Å². The minimum Gasteiger partial charge on any atom is -0.349 e.